The van der Waals surface area contributed by atoms with E-state index in [9.17, 15) is 8.42 Å². The molecule has 1 aliphatic heterocycles. The van der Waals surface area contributed by atoms with Crippen molar-refractivity contribution in [1.82, 2.24) is 5.32 Å². The standard InChI is InChI=1S/C28H40Cl2N4O4S/c1-18(2)39(35,36)15-12-19-4-6-21(7-5-19)28(32)33-26-24(16-23(30)17-25(26)38-14-13-37-3)27(31,34-28)20-8-10-22(29)11-9-20/h8-11,16-19,21,33-34H,4-7,12-15,31-32H2,1-3H3. The molecule has 0 aromatic heterocycles. The fraction of sp³-hybridized carbons (Fsp3) is 0.571. The van der Waals surface area contributed by atoms with E-state index in [4.69, 9.17) is 44.1 Å². The Balaban J connectivity index is 1.64. The van der Waals surface area contributed by atoms with Crippen LogP contribution in [0.1, 0.15) is 57.1 Å². The molecule has 0 amide bonds. The molecule has 1 saturated carbocycles. The lowest BCUT2D eigenvalue weighted by Gasteiger charge is -2.52. The summed E-state index contributed by atoms with van der Waals surface area (Å²) in [6.45, 7) is 4.22. The quantitative estimate of drug-likeness (QED) is 0.286. The topological polar surface area (TPSA) is 129 Å². The Morgan fingerprint density at radius 1 is 1.03 bits per heavy atom. The summed E-state index contributed by atoms with van der Waals surface area (Å²) in [6.07, 6.45) is 4.11. The van der Waals surface area contributed by atoms with Crippen molar-refractivity contribution in [1.29, 1.82) is 0 Å². The zero-order valence-corrected chi connectivity index (χ0v) is 25.1. The largest absolute Gasteiger partial charge is 0.489 e. The number of fused-ring (bicyclic) bond motifs is 1. The van der Waals surface area contributed by atoms with Crippen LogP contribution < -0.4 is 26.8 Å². The molecule has 2 aromatic carbocycles. The van der Waals surface area contributed by atoms with Crippen LogP contribution >= 0.6 is 23.2 Å². The number of anilines is 1. The summed E-state index contributed by atoms with van der Waals surface area (Å²) in [6, 6.07) is 10.9. The fourth-order valence-electron chi connectivity index (χ4n) is 5.62. The van der Waals surface area contributed by atoms with Gasteiger partial charge in [0.1, 0.15) is 23.8 Å². The second-order valence-electron chi connectivity index (χ2n) is 11.0. The van der Waals surface area contributed by atoms with Crippen molar-refractivity contribution in [2.24, 2.45) is 23.3 Å². The predicted molar refractivity (Wildman–Crippen MR) is 158 cm³/mol. The molecular formula is C28H40Cl2N4O4S. The van der Waals surface area contributed by atoms with Gasteiger partial charge in [0.05, 0.1) is 23.3 Å². The number of nitrogens with two attached hydrogens (primary N) is 2. The van der Waals surface area contributed by atoms with Gasteiger partial charge in [-0.15, -0.1) is 0 Å². The first kappa shape index (κ1) is 30.4. The van der Waals surface area contributed by atoms with Gasteiger partial charge in [-0.2, -0.15) is 0 Å². The van der Waals surface area contributed by atoms with Crippen LogP contribution in [0.25, 0.3) is 0 Å². The van der Waals surface area contributed by atoms with Gasteiger partial charge in [0.15, 0.2) is 9.84 Å². The van der Waals surface area contributed by atoms with Crippen LogP contribution in [0.4, 0.5) is 5.69 Å². The highest BCUT2D eigenvalue weighted by molar-refractivity contribution is 7.91. The Kier molecular flexibility index (Phi) is 9.43. The molecule has 4 rings (SSSR count). The molecule has 1 aliphatic carbocycles. The summed E-state index contributed by atoms with van der Waals surface area (Å²) in [4.78, 5) is 0. The van der Waals surface area contributed by atoms with E-state index in [1.807, 2.05) is 18.2 Å². The Labute approximate surface area is 242 Å². The number of hydrogen-bond acceptors (Lipinski definition) is 8. The van der Waals surface area contributed by atoms with Crippen molar-refractivity contribution in [3.63, 3.8) is 0 Å². The van der Waals surface area contributed by atoms with Gasteiger partial charge >= 0.3 is 0 Å². The molecule has 0 saturated heterocycles. The highest BCUT2D eigenvalue weighted by Crippen LogP contribution is 2.47. The van der Waals surface area contributed by atoms with E-state index in [-0.39, 0.29) is 16.9 Å². The normalized spacial score (nSPS) is 27.2. The Bertz CT molecular complexity index is 1250. The average molecular weight is 600 g/mol. The Hall–Kier alpha value is -1.59. The van der Waals surface area contributed by atoms with E-state index >= 15 is 0 Å². The molecule has 2 atom stereocenters. The Morgan fingerprint density at radius 2 is 1.69 bits per heavy atom. The van der Waals surface area contributed by atoms with Gasteiger partial charge in [-0.25, -0.2) is 8.42 Å². The van der Waals surface area contributed by atoms with Crippen molar-refractivity contribution < 1.29 is 17.9 Å². The number of halogens is 2. The number of hydrogen-bond donors (Lipinski definition) is 4. The SMILES string of the molecule is COCCOc1cc(Cl)cc2c1NC(N)(C1CCC(CCS(=O)(=O)C(C)C)CC1)NC2(N)c1ccc(Cl)cc1. The second kappa shape index (κ2) is 12.1. The van der Waals surface area contributed by atoms with Gasteiger partial charge < -0.3 is 20.5 Å². The van der Waals surface area contributed by atoms with Crippen LogP contribution in [-0.4, -0.2) is 45.5 Å². The van der Waals surface area contributed by atoms with Crippen molar-refractivity contribution in [3.05, 3.63) is 57.6 Å². The highest BCUT2D eigenvalue weighted by Gasteiger charge is 2.49. The van der Waals surface area contributed by atoms with E-state index in [1.54, 1.807) is 39.2 Å². The van der Waals surface area contributed by atoms with Crippen LogP contribution in [0, 0.1) is 11.8 Å². The number of methoxy groups -OCH3 is 1. The maximum absolute atomic E-state index is 12.3. The molecule has 39 heavy (non-hydrogen) atoms. The molecule has 0 spiro atoms. The van der Waals surface area contributed by atoms with Gasteiger partial charge in [0.2, 0.25) is 0 Å². The molecule has 2 aliphatic rings. The molecule has 8 nitrogen and oxygen atoms in total. The number of benzene rings is 2. The van der Waals surface area contributed by atoms with Crippen LogP contribution in [0.5, 0.6) is 5.75 Å². The van der Waals surface area contributed by atoms with E-state index in [0.29, 0.717) is 52.6 Å². The summed E-state index contributed by atoms with van der Waals surface area (Å²) in [5.41, 5.74) is 15.3. The first-order valence-corrected chi connectivity index (χ1v) is 15.9. The smallest absolute Gasteiger partial charge is 0.152 e. The van der Waals surface area contributed by atoms with E-state index in [1.165, 1.54) is 0 Å². The molecular weight excluding hydrogens is 559 g/mol. The minimum atomic E-state index is -3.05. The predicted octanol–water partition coefficient (Wildman–Crippen LogP) is 4.83. The molecule has 0 bridgehead atoms. The third-order valence-electron chi connectivity index (χ3n) is 8.09. The highest BCUT2D eigenvalue weighted by atomic mass is 35.5. The first-order chi connectivity index (χ1) is 18.4. The van der Waals surface area contributed by atoms with Crippen LogP contribution in [0.2, 0.25) is 10.0 Å². The van der Waals surface area contributed by atoms with Crippen molar-refractivity contribution >= 4 is 38.7 Å². The van der Waals surface area contributed by atoms with Gasteiger partial charge in [0, 0.05) is 34.7 Å². The van der Waals surface area contributed by atoms with Gasteiger partial charge in [-0.3, -0.25) is 11.1 Å². The summed E-state index contributed by atoms with van der Waals surface area (Å²) < 4.78 is 35.9. The molecule has 11 heteroatoms. The van der Waals surface area contributed by atoms with E-state index in [0.717, 1.165) is 31.2 Å². The lowest BCUT2D eigenvalue weighted by molar-refractivity contribution is 0.121. The maximum Gasteiger partial charge on any atom is 0.152 e. The number of ether oxygens (including phenoxy) is 2. The summed E-state index contributed by atoms with van der Waals surface area (Å²) in [7, 11) is -1.44. The molecule has 1 heterocycles. The molecule has 6 N–H and O–H groups in total. The average Bonchev–Trinajstić information content (AvgIpc) is 2.89. The number of nitrogens with one attached hydrogen (secondary N) is 2. The molecule has 0 radical (unpaired) electrons. The van der Waals surface area contributed by atoms with Crippen molar-refractivity contribution in [3.8, 4) is 5.75 Å². The number of rotatable bonds is 10. The van der Waals surface area contributed by atoms with Gasteiger partial charge in [-0.05, 0) is 75.6 Å². The minimum absolute atomic E-state index is 0.0290. The van der Waals surface area contributed by atoms with Crippen molar-refractivity contribution in [2.75, 3.05) is 31.4 Å². The second-order valence-corrected chi connectivity index (χ2v) is 14.6. The first-order valence-electron chi connectivity index (χ1n) is 13.5. The molecule has 2 unspecified atom stereocenters. The minimum Gasteiger partial charge on any atom is -0.489 e. The number of sulfone groups is 1. The van der Waals surface area contributed by atoms with E-state index < -0.39 is 21.3 Å². The lowest BCUT2D eigenvalue weighted by Crippen LogP contribution is -2.75. The third-order valence-corrected chi connectivity index (χ3v) is 10.8. The van der Waals surface area contributed by atoms with Gasteiger partial charge in [-0.1, -0.05) is 35.3 Å². The van der Waals surface area contributed by atoms with Crippen LogP contribution in [0.3, 0.4) is 0 Å². The zero-order valence-electron chi connectivity index (χ0n) is 22.8. The van der Waals surface area contributed by atoms with Crippen LogP contribution in [0.15, 0.2) is 36.4 Å². The monoisotopic (exact) mass is 598 g/mol. The fourth-order valence-corrected chi connectivity index (χ4v) is 7.09. The van der Waals surface area contributed by atoms with Crippen molar-refractivity contribution in [2.45, 2.75) is 62.7 Å². The zero-order chi connectivity index (χ0) is 28.4. The maximum atomic E-state index is 12.3. The summed E-state index contributed by atoms with van der Waals surface area (Å²) >= 11 is 12.7. The lowest BCUT2D eigenvalue weighted by atomic mass is 9.75. The third kappa shape index (κ3) is 6.67. The molecule has 2 aromatic rings. The van der Waals surface area contributed by atoms with Crippen LogP contribution in [-0.2, 0) is 20.2 Å². The molecule has 1 fully saturated rings. The summed E-state index contributed by atoms with van der Waals surface area (Å²) in [5.74, 6) is 0.0792. The van der Waals surface area contributed by atoms with E-state index in [2.05, 4.69) is 10.6 Å². The van der Waals surface area contributed by atoms with Gasteiger partial charge in [0.25, 0.3) is 0 Å². The summed E-state index contributed by atoms with van der Waals surface area (Å²) in [5, 5.41) is 7.80. The Morgan fingerprint density at radius 3 is 2.31 bits per heavy atom. The molecule has 216 valence electrons.